The minimum absolute atomic E-state index is 0.261. The Morgan fingerprint density at radius 3 is 2.48 bits per heavy atom. The first kappa shape index (κ1) is 16.9. The summed E-state index contributed by atoms with van der Waals surface area (Å²) in [5, 5.41) is 3.09. The molecule has 0 unspecified atom stereocenters. The quantitative estimate of drug-likeness (QED) is 0.675. The highest BCUT2D eigenvalue weighted by Crippen LogP contribution is 2.28. The second kappa shape index (κ2) is 7.31. The molecule has 1 aliphatic rings. The summed E-state index contributed by atoms with van der Waals surface area (Å²) >= 11 is 1.19. The molecule has 1 saturated heterocycles. The number of carbonyl (C=O) groups excluding carboxylic acids is 2. The minimum Gasteiger partial charge on any atom is -0.465 e. The first-order chi connectivity index (χ1) is 12.0. The van der Waals surface area contributed by atoms with E-state index in [1.807, 2.05) is 0 Å². The predicted molar refractivity (Wildman–Crippen MR) is 95.0 cm³/mol. The van der Waals surface area contributed by atoms with Gasteiger partial charge >= 0.3 is 5.97 Å². The molecule has 7 heteroatoms. The van der Waals surface area contributed by atoms with Crippen molar-refractivity contribution in [1.29, 1.82) is 0 Å². The van der Waals surface area contributed by atoms with Gasteiger partial charge in [0, 0.05) is 0 Å². The van der Waals surface area contributed by atoms with Gasteiger partial charge in [0.2, 0.25) is 0 Å². The molecule has 5 nitrogen and oxygen atoms in total. The highest BCUT2D eigenvalue weighted by molar-refractivity contribution is 8.18. The molecule has 1 N–H and O–H groups in total. The SMILES string of the molecule is COC(=O)c1ccc(/C=C2/SC(=Nc3ccc(F)cc3)NC2=O)cc1. The topological polar surface area (TPSA) is 67.8 Å². The largest absolute Gasteiger partial charge is 0.465 e. The van der Waals surface area contributed by atoms with Crippen molar-refractivity contribution < 1.29 is 18.7 Å². The Balaban J connectivity index is 1.77. The van der Waals surface area contributed by atoms with Crippen molar-refractivity contribution in [1.82, 2.24) is 5.32 Å². The van der Waals surface area contributed by atoms with Crippen LogP contribution in [0.5, 0.6) is 0 Å². The number of nitrogens with one attached hydrogen (secondary N) is 1. The van der Waals surface area contributed by atoms with E-state index in [2.05, 4.69) is 15.0 Å². The molecule has 126 valence electrons. The number of hydrogen-bond donors (Lipinski definition) is 1. The maximum atomic E-state index is 12.9. The zero-order valence-electron chi connectivity index (χ0n) is 13.2. The van der Waals surface area contributed by atoms with Gasteiger partial charge in [-0.15, -0.1) is 0 Å². The number of amides is 1. The molecule has 0 spiro atoms. The van der Waals surface area contributed by atoms with Crippen LogP contribution in [0.15, 0.2) is 58.4 Å². The molecular formula is C18H13FN2O3S. The molecule has 0 radical (unpaired) electrons. The molecule has 0 saturated carbocycles. The fraction of sp³-hybridized carbons (Fsp3) is 0.0556. The molecule has 2 aromatic carbocycles. The van der Waals surface area contributed by atoms with Gasteiger partial charge in [0.25, 0.3) is 5.91 Å². The van der Waals surface area contributed by atoms with E-state index in [0.29, 0.717) is 21.3 Å². The minimum atomic E-state index is -0.416. The van der Waals surface area contributed by atoms with Crippen LogP contribution in [-0.4, -0.2) is 24.2 Å². The second-order valence-corrected chi connectivity index (χ2v) is 6.10. The van der Waals surface area contributed by atoms with Gasteiger partial charge in [0.05, 0.1) is 23.3 Å². The van der Waals surface area contributed by atoms with Gasteiger partial charge in [-0.05, 0) is 59.8 Å². The Morgan fingerprint density at radius 1 is 1.16 bits per heavy atom. The summed E-state index contributed by atoms with van der Waals surface area (Å²) in [5.74, 6) is -1.02. The normalized spacial score (nSPS) is 17.0. The van der Waals surface area contributed by atoms with Crippen molar-refractivity contribution in [3.63, 3.8) is 0 Å². The molecule has 1 fully saturated rings. The van der Waals surface area contributed by atoms with E-state index in [9.17, 15) is 14.0 Å². The van der Waals surface area contributed by atoms with Crippen LogP contribution in [0.1, 0.15) is 15.9 Å². The first-order valence-electron chi connectivity index (χ1n) is 7.29. The Labute approximate surface area is 147 Å². The van der Waals surface area contributed by atoms with Crippen LogP contribution in [0.4, 0.5) is 10.1 Å². The second-order valence-electron chi connectivity index (χ2n) is 5.07. The predicted octanol–water partition coefficient (Wildman–Crippen LogP) is 3.50. The number of aliphatic imine (C=N–C) groups is 1. The van der Waals surface area contributed by atoms with Gasteiger partial charge in [0.1, 0.15) is 5.82 Å². The van der Waals surface area contributed by atoms with Crippen molar-refractivity contribution in [2.75, 3.05) is 7.11 Å². The summed E-state index contributed by atoms with van der Waals surface area (Å²) in [6.07, 6.45) is 1.70. The first-order valence-corrected chi connectivity index (χ1v) is 8.10. The number of amidine groups is 1. The molecule has 1 amide bonds. The zero-order valence-corrected chi connectivity index (χ0v) is 14.0. The number of halogens is 1. The lowest BCUT2D eigenvalue weighted by Crippen LogP contribution is -2.19. The van der Waals surface area contributed by atoms with Crippen LogP contribution in [0, 0.1) is 5.82 Å². The maximum absolute atomic E-state index is 12.9. The fourth-order valence-electron chi connectivity index (χ4n) is 2.10. The number of benzene rings is 2. The van der Waals surface area contributed by atoms with E-state index in [1.54, 1.807) is 30.3 Å². The van der Waals surface area contributed by atoms with Gasteiger partial charge < -0.3 is 10.1 Å². The number of carbonyl (C=O) groups is 2. The fourth-order valence-corrected chi connectivity index (χ4v) is 2.94. The highest BCUT2D eigenvalue weighted by atomic mass is 32.2. The number of hydrogen-bond acceptors (Lipinski definition) is 5. The summed E-state index contributed by atoms with van der Waals surface area (Å²) < 4.78 is 17.5. The van der Waals surface area contributed by atoms with E-state index in [1.165, 1.54) is 43.1 Å². The van der Waals surface area contributed by atoms with Gasteiger partial charge in [-0.2, -0.15) is 0 Å². The van der Waals surface area contributed by atoms with E-state index in [-0.39, 0.29) is 11.7 Å². The third kappa shape index (κ3) is 4.13. The molecule has 0 aliphatic carbocycles. The Bertz CT molecular complexity index is 874. The number of rotatable bonds is 3. The number of thioether (sulfide) groups is 1. The molecule has 0 bridgehead atoms. The van der Waals surface area contributed by atoms with E-state index in [0.717, 1.165) is 5.56 Å². The molecule has 0 aromatic heterocycles. The summed E-state index contributed by atoms with van der Waals surface area (Å²) in [6.45, 7) is 0. The Hall–Kier alpha value is -2.93. The Morgan fingerprint density at radius 2 is 1.84 bits per heavy atom. The average molecular weight is 356 g/mol. The van der Waals surface area contributed by atoms with Gasteiger partial charge in [0.15, 0.2) is 5.17 Å². The molecule has 0 atom stereocenters. The van der Waals surface area contributed by atoms with Gasteiger partial charge in [-0.25, -0.2) is 14.2 Å². The van der Waals surface area contributed by atoms with Gasteiger partial charge in [-0.1, -0.05) is 12.1 Å². The standard InChI is InChI=1S/C18H13FN2O3S/c1-24-17(23)12-4-2-11(3-5-12)10-15-16(22)21-18(25-15)20-14-8-6-13(19)7-9-14/h2-10H,1H3,(H,20,21,22)/b15-10+. The van der Waals surface area contributed by atoms with Crippen molar-refractivity contribution >= 4 is 40.6 Å². The van der Waals surface area contributed by atoms with Crippen LogP contribution < -0.4 is 5.32 Å². The van der Waals surface area contributed by atoms with Crippen LogP contribution in [-0.2, 0) is 9.53 Å². The molecule has 3 rings (SSSR count). The monoisotopic (exact) mass is 356 g/mol. The zero-order chi connectivity index (χ0) is 17.8. The van der Waals surface area contributed by atoms with E-state index >= 15 is 0 Å². The van der Waals surface area contributed by atoms with Crippen LogP contribution >= 0.6 is 11.8 Å². The van der Waals surface area contributed by atoms with Crippen molar-refractivity contribution in [3.8, 4) is 0 Å². The van der Waals surface area contributed by atoms with Crippen molar-refractivity contribution in [2.24, 2.45) is 4.99 Å². The lowest BCUT2D eigenvalue weighted by molar-refractivity contribution is -0.115. The Kier molecular flexibility index (Phi) is 4.95. The van der Waals surface area contributed by atoms with Crippen LogP contribution in [0.25, 0.3) is 6.08 Å². The van der Waals surface area contributed by atoms with Crippen molar-refractivity contribution in [3.05, 3.63) is 70.4 Å². The lowest BCUT2D eigenvalue weighted by atomic mass is 10.1. The average Bonchev–Trinajstić information content (AvgIpc) is 2.96. The summed E-state index contributed by atoms with van der Waals surface area (Å²) in [6, 6.07) is 12.4. The molecule has 25 heavy (non-hydrogen) atoms. The third-order valence-corrected chi connectivity index (χ3v) is 4.25. The number of ether oxygens (including phenoxy) is 1. The van der Waals surface area contributed by atoms with E-state index in [4.69, 9.17) is 0 Å². The third-order valence-electron chi connectivity index (χ3n) is 3.34. The molecule has 2 aromatic rings. The lowest BCUT2D eigenvalue weighted by Gasteiger charge is -1.99. The van der Waals surface area contributed by atoms with Gasteiger partial charge in [-0.3, -0.25) is 4.79 Å². The van der Waals surface area contributed by atoms with E-state index < -0.39 is 5.97 Å². The number of esters is 1. The number of methoxy groups -OCH3 is 1. The molecule has 1 heterocycles. The van der Waals surface area contributed by atoms with Crippen molar-refractivity contribution in [2.45, 2.75) is 0 Å². The van der Waals surface area contributed by atoms with Crippen LogP contribution in [0.3, 0.4) is 0 Å². The molecular weight excluding hydrogens is 343 g/mol. The summed E-state index contributed by atoms with van der Waals surface area (Å²) in [7, 11) is 1.32. The smallest absolute Gasteiger partial charge is 0.337 e. The summed E-state index contributed by atoms with van der Waals surface area (Å²) in [4.78, 5) is 28.2. The summed E-state index contributed by atoms with van der Waals surface area (Å²) in [5.41, 5.74) is 1.76. The van der Waals surface area contributed by atoms with Crippen LogP contribution in [0.2, 0.25) is 0 Å². The highest BCUT2D eigenvalue weighted by Gasteiger charge is 2.23. The maximum Gasteiger partial charge on any atom is 0.337 e. The molecule has 1 aliphatic heterocycles. The number of nitrogens with zero attached hydrogens (tertiary/aromatic N) is 1.